The van der Waals surface area contributed by atoms with Crippen LogP contribution in [0.2, 0.25) is 0 Å². The summed E-state index contributed by atoms with van der Waals surface area (Å²) in [7, 11) is 0. The number of aromatic nitrogens is 3. The number of aryl methyl sites for hydroxylation is 1. The van der Waals surface area contributed by atoms with Gasteiger partial charge in [-0.1, -0.05) is 37.3 Å². The maximum absolute atomic E-state index is 13.0. The molecule has 2 heterocycles. The van der Waals surface area contributed by atoms with Crippen LogP contribution in [0.5, 0.6) is 0 Å². The number of nitrogens with zero attached hydrogens (tertiary/aromatic N) is 2. The summed E-state index contributed by atoms with van der Waals surface area (Å²) >= 11 is 0. The van der Waals surface area contributed by atoms with Gasteiger partial charge in [-0.25, -0.2) is 9.78 Å². The molecule has 0 aliphatic heterocycles. The molecular formula is C22H24N4O3. The zero-order valence-electron chi connectivity index (χ0n) is 16.6. The molecule has 1 aliphatic carbocycles. The van der Waals surface area contributed by atoms with Crippen molar-refractivity contribution in [3.05, 3.63) is 74.1 Å². The fourth-order valence-corrected chi connectivity index (χ4v) is 3.59. The predicted molar refractivity (Wildman–Crippen MR) is 111 cm³/mol. The molecule has 0 saturated heterocycles. The number of carbonyl (C=O) groups is 1. The fourth-order valence-electron chi connectivity index (χ4n) is 3.59. The first kappa shape index (κ1) is 19.1. The molecule has 0 bridgehead atoms. The minimum Gasteiger partial charge on any atom is -0.351 e. The summed E-state index contributed by atoms with van der Waals surface area (Å²) in [5, 5.41) is 3.12. The summed E-state index contributed by atoms with van der Waals surface area (Å²) in [5.74, 6) is 0.0889. The quantitative estimate of drug-likeness (QED) is 0.674. The molecule has 2 N–H and O–H groups in total. The normalized spacial score (nSPS) is 14.7. The summed E-state index contributed by atoms with van der Waals surface area (Å²) in [6.07, 6.45) is 2.01. The molecule has 1 amide bonds. The van der Waals surface area contributed by atoms with Crippen molar-refractivity contribution >= 4 is 16.9 Å². The van der Waals surface area contributed by atoms with E-state index >= 15 is 0 Å². The Hall–Kier alpha value is -3.22. The zero-order valence-corrected chi connectivity index (χ0v) is 16.6. The first-order valence-electron chi connectivity index (χ1n) is 10.0. The third kappa shape index (κ3) is 3.72. The lowest BCUT2D eigenvalue weighted by Crippen LogP contribution is -2.34. The highest BCUT2D eigenvalue weighted by Gasteiger charge is 2.28. The van der Waals surface area contributed by atoms with Crippen molar-refractivity contribution in [1.29, 1.82) is 0 Å². The van der Waals surface area contributed by atoms with Crippen molar-refractivity contribution in [2.24, 2.45) is 0 Å². The molecule has 7 heteroatoms. The van der Waals surface area contributed by atoms with Crippen LogP contribution in [0.15, 0.2) is 46.0 Å². The van der Waals surface area contributed by atoms with Gasteiger partial charge in [0.15, 0.2) is 5.65 Å². The lowest BCUT2D eigenvalue weighted by atomic mass is 10.0. The molecule has 3 aromatic rings. The van der Waals surface area contributed by atoms with Gasteiger partial charge in [-0.05, 0) is 37.3 Å². The van der Waals surface area contributed by atoms with E-state index in [1.165, 1.54) is 4.57 Å². The van der Waals surface area contributed by atoms with Gasteiger partial charge in [-0.2, -0.15) is 0 Å². The Morgan fingerprint density at radius 1 is 1.28 bits per heavy atom. The van der Waals surface area contributed by atoms with Gasteiger partial charge in [-0.15, -0.1) is 0 Å². The van der Waals surface area contributed by atoms with Crippen molar-refractivity contribution in [3.8, 4) is 0 Å². The van der Waals surface area contributed by atoms with Crippen LogP contribution in [0.4, 0.5) is 0 Å². The van der Waals surface area contributed by atoms with Gasteiger partial charge in [0.2, 0.25) is 0 Å². The van der Waals surface area contributed by atoms with E-state index in [0.717, 1.165) is 24.1 Å². The molecule has 1 aromatic carbocycles. The molecule has 29 heavy (non-hydrogen) atoms. The summed E-state index contributed by atoms with van der Waals surface area (Å²) in [4.78, 5) is 44.7. The predicted octanol–water partition coefficient (Wildman–Crippen LogP) is 2.52. The van der Waals surface area contributed by atoms with E-state index in [1.807, 2.05) is 44.2 Å². The van der Waals surface area contributed by atoms with Crippen molar-refractivity contribution in [2.75, 3.05) is 6.54 Å². The Morgan fingerprint density at radius 2 is 2.00 bits per heavy atom. The lowest BCUT2D eigenvalue weighted by molar-refractivity contribution is 0.0953. The van der Waals surface area contributed by atoms with Crippen LogP contribution in [0.1, 0.15) is 60.1 Å². The largest absolute Gasteiger partial charge is 0.351 e. The molecule has 4 rings (SSSR count). The lowest BCUT2D eigenvalue weighted by Gasteiger charge is -2.15. The molecule has 1 atom stereocenters. The molecule has 7 nitrogen and oxygen atoms in total. The maximum atomic E-state index is 13.0. The topological polar surface area (TPSA) is 96.9 Å². The second kappa shape index (κ2) is 7.66. The molecule has 1 saturated carbocycles. The number of rotatable bonds is 6. The average molecular weight is 392 g/mol. The summed E-state index contributed by atoms with van der Waals surface area (Å²) in [6, 6.07) is 11.6. The number of nitrogens with one attached hydrogen (secondary N) is 2. The summed E-state index contributed by atoms with van der Waals surface area (Å²) in [5.41, 5.74) is 1.38. The second-order valence-electron chi connectivity index (χ2n) is 7.59. The molecule has 0 radical (unpaired) electrons. The Balaban J connectivity index is 1.73. The van der Waals surface area contributed by atoms with E-state index in [2.05, 4.69) is 15.3 Å². The average Bonchev–Trinajstić information content (AvgIpc) is 3.57. The Bertz CT molecular complexity index is 1180. The number of pyridine rings is 1. The first-order chi connectivity index (χ1) is 14.0. The Morgan fingerprint density at radius 3 is 2.66 bits per heavy atom. The summed E-state index contributed by atoms with van der Waals surface area (Å²) in [6.45, 7) is 4.65. The highest BCUT2D eigenvalue weighted by molar-refractivity contribution is 6.05. The first-order valence-corrected chi connectivity index (χ1v) is 10.0. The van der Waals surface area contributed by atoms with Gasteiger partial charge in [0.05, 0.1) is 10.9 Å². The van der Waals surface area contributed by atoms with E-state index < -0.39 is 11.2 Å². The van der Waals surface area contributed by atoms with Crippen LogP contribution in [-0.2, 0) is 6.54 Å². The molecule has 0 spiro atoms. The smallest absolute Gasteiger partial charge is 0.329 e. The van der Waals surface area contributed by atoms with Crippen molar-refractivity contribution in [2.45, 2.75) is 45.1 Å². The SMILES string of the molecule is CCn1c(=O)[nH]c(=O)c2c(C(=O)NCC(C)c3ccccc3)cc(C3CC3)nc21. The number of carbonyl (C=O) groups excluding carboxylic acids is 1. The zero-order chi connectivity index (χ0) is 20.5. The number of hydrogen-bond donors (Lipinski definition) is 2. The van der Waals surface area contributed by atoms with Crippen molar-refractivity contribution in [3.63, 3.8) is 0 Å². The monoisotopic (exact) mass is 392 g/mol. The van der Waals surface area contributed by atoms with E-state index in [4.69, 9.17) is 0 Å². The minimum absolute atomic E-state index is 0.128. The van der Waals surface area contributed by atoms with Crippen molar-refractivity contribution in [1.82, 2.24) is 19.9 Å². The molecule has 1 fully saturated rings. The molecular weight excluding hydrogens is 368 g/mol. The van der Waals surface area contributed by atoms with Crippen LogP contribution in [-0.4, -0.2) is 27.0 Å². The van der Waals surface area contributed by atoms with Gasteiger partial charge >= 0.3 is 5.69 Å². The van der Waals surface area contributed by atoms with Crippen molar-refractivity contribution < 1.29 is 4.79 Å². The second-order valence-corrected chi connectivity index (χ2v) is 7.59. The Kier molecular flexibility index (Phi) is 5.05. The standard InChI is InChI=1S/C22H24N4O3/c1-3-26-19-18(21(28)25-22(26)29)16(11-17(24-19)15-9-10-15)20(27)23-12-13(2)14-7-5-4-6-8-14/h4-8,11,13,15H,3,9-10,12H2,1-2H3,(H,23,27)(H,25,28,29). The molecule has 150 valence electrons. The fraction of sp³-hybridized carbons (Fsp3) is 0.364. The number of hydrogen-bond acceptors (Lipinski definition) is 4. The minimum atomic E-state index is -0.578. The number of fused-ring (bicyclic) bond motifs is 1. The Labute approximate surface area is 167 Å². The molecule has 2 aromatic heterocycles. The number of amides is 1. The third-order valence-electron chi connectivity index (χ3n) is 5.46. The van der Waals surface area contributed by atoms with Crippen LogP contribution in [0.25, 0.3) is 11.0 Å². The number of H-pyrrole nitrogens is 1. The van der Waals surface area contributed by atoms with E-state index in [-0.39, 0.29) is 34.3 Å². The van der Waals surface area contributed by atoms with E-state index in [1.54, 1.807) is 6.07 Å². The molecule has 1 unspecified atom stereocenters. The third-order valence-corrected chi connectivity index (χ3v) is 5.46. The van der Waals surface area contributed by atoms with Crippen LogP contribution >= 0.6 is 0 Å². The maximum Gasteiger partial charge on any atom is 0.329 e. The number of aromatic amines is 1. The number of benzene rings is 1. The summed E-state index contributed by atoms with van der Waals surface area (Å²) < 4.78 is 1.41. The van der Waals surface area contributed by atoms with Gasteiger partial charge < -0.3 is 5.32 Å². The van der Waals surface area contributed by atoms with Gasteiger partial charge in [0.1, 0.15) is 0 Å². The highest BCUT2D eigenvalue weighted by Crippen LogP contribution is 2.39. The van der Waals surface area contributed by atoms with Crippen LogP contribution in [0, 0.1) is 0 Å². The van der Waals surface area contributed by atoms with Gasteiger partial charge in [0, 0.05) is 24.7 Å². The van der Waals surface area contributed by atoms with Crippen LogP contribution in [0.3, 0.4) is 0 Å². The van der Waals surface area contributed by atoms with Crippen LogP contribution < -0.4 is 16.6 Å². The van der Waals surface area contributed by atoms with E-state index in [0.29, 0.717) is 13.1 Å². The highest BCUT2D eigenvalue weighted by atomic mass is 16.2. The molecule has 1 aliphatic rings. The van der Waals surface area contributed by atoms with E-state index in [9.17, 15) is 14.4 Å². The van der Waals surface area contributed by atoms with Gasteiger partial charge in [-0.3, -0.25) is 19.1 Å². The van der Waals surface area contributed by atoms with Gasteiger partial charge in [0.25, 0.3) is 11.5 Å².